The maximum atomic E-state index is 15.1. The highest BCUT2D eigenvalue weighted by Crippen LogP contribution is 2.39. The van der Waals surface area contributed by atoms with Crippen LogP contribution in [-0.2, 0) is 27.5 Å². The number of imide groups is 1. The molecule has 0 unspecified atom stereocenters. The molecule has 45 heavy (non-hydrogen) atoms. The summed E-state index contributed by atoms with van der Waals surface area (Å²) < 4.78 is 98.8. The molecule has 0 aromatic heterocycles. The van der Waals surface area contributed by atoms with Crippen LogP contribution in [0.15, 0.2) is 63.9 Å². The van der Waals surface area contributed by atoms with Gasteiger partial charge in [0.25, 0.3) is 15.9 Å². The summed E-state index contributed by atoms with van der Waals surface area (Å²) in [6.45, 7) is 2.49. The van der Waals surface area contributed by atoms with Crippen LogP contribution in [0.5, 0.6) is 0 Å². The molecule has 1 fully saturated rings. The fraction of sp³-hybridized carbons (Fsp3) is 0.241. The van der Waals surface area contributed by atoms with E-state index >= 15 is 4.39 Å². The molecule has 0 spiro atoms. The van der Waals surface area contributed by atoms with Gasteiger partial charge < -0.3 is 15.1 Å². The lowest BCUT2D eigenvalue weighted by molar-refractivity contribution is -0.137. The van der Waals surface area contributed by atoms with Gasteiger partial charge in [0.1, 0.15) is 28.4 Å². The number of carbonyl (C=O) groups is 2. The molecule has 0 aliphatic carbocycles. The average molecular weight is 649 g/mol. The fourth-order valence-electron chi connectivity index (χ4n) is 4.46. The normalized spacial score (nSPS) is 15.1. The summed E-state index contributed by atoms with van der Waals surface area (Å²) in [5.41, 5.74) is -3.93. The van der Waals surface area contributed by atoms with Gasteiger partial charge in [0, 0.05) is 25.8 Å². The van der Waals surface area contributed by atoms with Crippen molar-refractivity contribution in [3.05, 3.63) is 82.9 Å². The van der Waals surface area contributed by atoms with Crippen LogP contribution in [0, 0.1) is 23.0 Å². The molecule has 1 aliphatic heterocycles. The number of alkyl halides is 3. The van der Waals surface area contributed by atoms with Gasteiger partial charge in [-0.25, -0.2) is 18.5 Å². The molecule has 3 aromatic rings. The van der Waals surface area contributed by atoms with E-state index in [9.17, 15) is 35.6 Å². The average Bonchev–Trinajstić information content (AvgIpc) is 3.12. The van der Waals surface area contributed by atoms with Crippen molar-refractivity contribution in [3.8, 4) is 6.07 Å². The molecule has 1 saturated heterocycles. The minimum atomic E-state index is -4.93. The van der Waals surface area contributed by atoms with Crippen LogP contribution in [0.1, 0.15) is 30.5 Å². The Balaban J connectivity index is 1.66. The first kappa shape index (κ1) is 32.9. The van der Waals surface area contributed by atoms with Crippen LogP contribution >= 0.6 is 0 Å². The highest BCUT2D eigenvalue weighted by Gasteiger charge is 2.52. The topological polar surface area (TPSA) is 126 Å². The molecule has 10 nitrogen and oxygen atoms in total. The predicted molar refractivity (Wildman–Crippen MR) is 154 cm³/mol. The number of hydrogen-bond acceptors (Lipinski definition) is 6. The lowest BCUT2D eigenvalue weighted by Crippen LogP contribution is -2.43. The van der Waals surface area contributed by atoms with Gasteiger partial charge in [-0.15, -0.1) is 4.40 Å². The first-order valence-electron chi connectivity index (χ1n) is 13.0. The molecule has 236 valence electrons. The minimum absolute atomic E-state index is 0.157. The van der Waals surface area contributed by atoms with Crippen molar-refractivity contribution >= 4 is 45.4 Å². The monoisotopic (exact) mass is 648 g/mol. The van der Waals surface area contributed by atoms with Gasteiger partial charge in [-0.3, -0.25) is 4.79 Å². The maximum Gasteiger partial charge on any atom is 0.417 e. The van der Waals surface area contributed by atoms with Crippen molar-refractivity contribution < 1.29 is 40.0 Å². The summed E-state index contributed by atoms with van der Waals surface area (Å²) >= 11 is 0. The van der Waals surface area contributed by atoms with Crippen LogP contribution in [0.4, 0.5) is 43.8 Å². The third kappa shape index (κ3) is 6.43. The van der Waals surface area contributed by atoms with E-state index in [4.69, 9.17) is 5.26 Å². The van der Waals surface area contributed by atoms with Gasteiger partial charge in [0.15, 0.2) is 0 Å². The van der Waals surface area contributed by atoms with E-state index < -0.39 is 67.0 Å². The fourth-order valence-corrected chi connectivity index (χ4v) is 5.45. The number of nitrogens with one attached hydrogen (secondary N) is 1. The summed E-state index contributed by atoms with van der Waals surface area (Å²) in [6, 6.07) is 10.2. The van der Waals surface area contributed by atoms with E-state index in [2.05, 4.69) is 9.71 Å². The molecule has 1 heterocycles. The second kappa shape index (κ2) is 11.8. The molecular weight excluding hydrogens is 623 g/mol. The highest BCUT2D eigenvalue weighted by atomic mass is 32.2. The van der Waals surface area contributed by atoms with E-state index in [-0.39, 0.29) is 17.9 Å². The third-order valence-electron chi connectivity index (χ3n) is 6.84. The number of amides is 3. The minimum Gasteiger partial charge on any atom is -0.368 e. The molecule has 1 N–H and O–H groups in total. The Hall–Kier alpha value is -5.04. The number of anilines is 3. The Morgan fingerprint density at radius 2 is 1.69 bits per heavy atom. The molecular formula is C29H25F5N6O4S. The Morgan fingerprint density at radius 1 is 1.02 bits per heavy atom. The van der Waals surface area contributed by atoms with E-state index in [0.717, 1.165) is 23.4 Å². The number of nitriles is 1. The number of benzene rings is 3. The Labute approximate surface area is 255 Å². The second-order valence-electron chi connectivity index (χ2n) is 10.6. The molecule has 0 radical (unpaired) electrons. The highest BCUT2D eigenvalue weighted by molar-refractivity contribution is 7.90. The number of carbonyl (C=O) groups excluding carboxylic acids is 2. The van der Waals surface area contributed by atoms with Gasteiger partial charge in [0.05, 0.1) is 35.1 Å². The molecule has 3 amide bonds. The lowest BCUT2D eigenvalue weighted by Gasteiger charge is -2.28. The lowest BCUT2D eigenvalue weighted by atomic mass is 10.0. The Kier molecular flexibility index (Phi) is 8.62. The number of hydrogen-bond donors (Lipinski definition) is 1. The number of halogens is 5. The van der Waals surface area contributed by atoms with E-state index in [0.29, 0.717) is 28.7 Å². The molecule has 4 rings (SSSR count). The molecule has 16 heteroatoms. The van der Waals surface area contributed by atoms with Crippen LogP contribution in [-0.4, -0.2) is 56.1 Å². The number of sulfonamides is 1. The van der Waals surface area contributed by atoms with Crippen molar-refractivity contribution in [1.82, 2.24) is 9.80 Å². The van der Waals surface area contributed by atoms with Gasteiger partial charge in [-0.2, -0.15) is 26.9 Å². The largest absolute Gasteiger partial charge is 0.417 e. The third-order valence-corrected chi connectivity index (χ3v) is 8.08. The van der Waals surface area contributed by atoms with Gasteiger partial charge in [0.2, 0.25) is 0 Å². The van der Waals surface area contributed by atoms with Gasteiger partial charge in [-0.05, 0) is 49.7 Å². The Bertz CT molecular complexity index is 1870. The molecule has 3 aromatic carbocycles. The summed E-state index contributed by atoms with van der Waals surface area (Å²) in [6.07, 6.45) is -4.01. The zero-order valence-corrected chi connectivity index (χ0v) is 25.0. The van der Waals surface area contributed by atoms with Crippen molar-refractivity contribution in [2.75, 3.05) is 24.3 Å². The van der Waals surface area contributed by atoms with Crippen molar-refractivity contribution in [2.24, 2.45) is 4.40 Å². The zero-order valence-electron chi connectivity index (χ0n) is 24.1. The molecule has 0 atom stereocenters. The van der Waals surface area contributed by atoms with Gasteiger partial charge in [-0.1, -0.05) is 18.2 Å². The predicted octanol–water partition coefficient (Wildman–Crippen LogP) is 5.62. The van der Waals surface area contributed by atoms with E-state index in [1.165, 1.54) is 51.0 Å². The SMILES string of the molecule is CN(C)C=NS(=O)(=O)c1cc(F)c(Nc2ccccc2CN2C(=O)N(c3ccc(C#N)c(C(F)(F)F)c3)C(=O)C2(C)C)cc1F. The first-order chi connectivity index (χ1) is 20.9. The number of rotatable bonds is 8. The number of nitrogens with zero attached hydrogens (tertiary/aromatic N) is 5. The smallest absolute Gasteiger partial charge is 0.368 e. The number of para-hydroxylation sites is 1. The van der Waals surface area contributed by atoms with Crippen molar-refractivity contribution in [3.63, 3.8) is 0 Å². The van der Waals surface area contributed by atoms with Crippen LogP contribution in [0.3, 0.4) is 0 Å². The van der Waals surface area contributed by atoms with Crippen LogP contribution in [0.2, 0.25) is 0 Å². The van der Waals surface area contributed by atoms with E-state index in [1.54, 1.807) is 12.1 Å². The molecule has 0 saturated carbocycles. The van der Waals surface area contributed by atoms with Crippen LogP contribution < -0.4 is 10.2 Å². The molecule has 1 aliphatic rings. The Morgan fingerprint density at radius 3 is 2.31 bits per heavy atom. The van der Waals surface area contributed by atoms with Crippen molar-refractivity contribution in [1.29, 1.82) is 5.26 Å². The second-order valence-corrected chi connectivity index (χ2v) is 12.2. The maximum absolute atomic E-state index is 15.1. The van der Waals surface area contributed by atoms with Gasteiger partial charge >= 0.3 is 12.2 Å². The summed E-state index contributed by atoms with van der Waals surface area (Å²) in [4.78, 5) is 28.9. The van der Waals surface area contributed by atoms with E-state index in [1.807, 2.05) is 0 Å². The number of urea groups is 1. The molecule has 0 bridgehead atoms. The standard InChI is InChI=1S/C29H25F5N6O4S/c1-28(2)26(41)40(19-10-9-17(14-35)20(11-19)29(32,33)34)27(42)39(28)15-18-7-5-6-8-23(18)37-24-12-22(31)25(13-21(24)30)45(43,44)36-16-38(3)4/h5-13,16,37H,15H2,1-4H3. The summed E-state index contributed by atoms with van der Waals surface area (Å²) in [5.74, 6) is -3.26. The first-order valence-corrected chi connectivity index (χ1v) is 14.4. The van der Waals surface area contributed by atoms with Crippen molar-refractivity contribution in [2.45, 2.75) is 37.0 Å². The summed E-state index contributed by atoms with van der Waals surface area (Å²) in [7, 11) is -1.59. The zero-order chi connectivity index (χ0) is 33.5. The summed E-state index contributed by atoms with van der Waals surface area (Å²) in [5, 5.41) is 11.8. The van der Waals surface area contributed by atoms with Crippen LogP contribution in [0.25, 0.3) is 0 Å². The quantitative estimate of drug-likeness (QED) is 0.145.